The summed E-state index contributed by atoms with van der Waals surface area (Å²) in [6.45, 7) is 2.01. The largest absolute Gasteiger partial charge is 0.495 e. The molecule has 5 nitrogen and oxygen atoms in total. The summed E-state index contributed by atoms with van der Waals surface area (Å²) < 4.78 is 32.2. The molecular weight excluding hydrogens is 312 g/mol. The summed E-state index contributed by atoms with van der Waals surface area (Å²) in [5.41, 5.74) is 0. The molecule has 7 heteroatoms. The zero-order valence-electron chi connectivity index (χ0n) is 12.3. The van der Waals surface area contributed by atoms with Gasteiger partial charge in [0, 0.05) is 24.2 Å². The maximum Gasteiger partial charge on any atom is 0.246 e. The fourth-order valence-corrected chi connectivity index (χ4v) is 4.40. The van der Waals surface area contributed by atoms with Gasteiger partial charge in [-0.3, -0.25) is 0 Å². The Hall–Kier alpha value is -0.820. The van der Waals surface area contributed by atoms with E-state index >= 15 is 0 Å². The summed E-state index contributed by atoms with van der Waals surface area (Å²) in [5, 5.41) is 3.60. The second-order valence-corrected chi connectivity index (χ2v) is 7.54. The zero-order valence-corrected chi connectivity index (χ0v) is 13.9. The number of benzene rings is 1. The molecule has 0 spiro atoms. The van der Waals surface area contributed by atoms with E-state index in [1.807, 2.05) is 7.05 Å². The minimum absolute atomic E-state index is 0.182. The molecule has 2 rings (SSSR count). The average molecular weight is 333 g/mol. The molecule has 1 aromatic carbocycles. The van der Waals surface area contributed by atoms with Crippen LogP contribution in [0.1, 0.15) is 12.8 Å². The van der Waals surface area contributed by atoms with Crippen LogP contribution in [0.15, 0.2) is 23.1 Å². The van der Waals surface area contributed by atoms with Crippen molar-refractivity contribution in [3.8, 4) is 5.75 Å². The summed E-state index contributed by atoms with van der Waals surface area (Å²) in [7, 11) is -0.164. The van der Waals surface area contributed by atoms with Crippen molar-refractivity contribution in [2.24, 2.45) is 5.92 Å². The molecule has 0 radical (unpaired) electrons. The summed E-state index contributed by atoms with van der Waals surface area (Å²) in [6.07, 6.45) is 1.74. The number of methoxy groups -OCH3 is 1. The van der Waals surface area contributed by atoms with Crippen LogP contribution in [-0.2, 0) is 10.0 Å². The predicted octanol–water partition coefficient (Wildman–Crippen LogP) is 1.97. The Balaban J connectivity index is 2.20. The van der Waals surface area contributed by atoms with E-state index in [4.69, 9.17) is 16.3 Å². The lowest BCUT2D eigenvalue weighted by atomic mass is 9.98. The van der Waals surface area contributed by atoms with E-state index in [1.165, 1.54) is 23.5 Å². The number of hydrogen-bond acceptors (Lipinski definition) is 4. The fourth-order valence-electron chi connectivity index (χ4n) is 2.64. The van der Waals surface area contributed by atoms with E-state index in [1.54, 1.807) is 6.07 Å². The summed E-state index contributed by atoms with van der Waals surface area (Å²) >= 11 is 5.89. The van der Waals surface area contributed by atoms with E-state index in [9.17, 15) is 8.42 Å². The quantitative estimate of drug-likeness (QED) is 0.895. The first kappa shape index (κ1) is 16.5. The molecule has 1 aliphatic rings. The average Bonchev–Trinajstić information content (AvgIpc) is 2.47. The lowest BCUT2D eigenvalue weighted by Gasteiger charge is -2.31. The second kappa shape index (κ2) is 6.96. The summed E-state index contributed by atoms with van der Waals surface area (Å²) in [5.74, 6) is 0.827. The Kier molecular flexibility index (Phi) is 5.48. The van der Waals surface area contributed by atoms with Crippen LogP contribution >= 0.6 is 11.6 Å². The van der Waals surface area contributed by atoms with Gasteiger partial charge in [0.05, 0.1) is 7.11 Å². The number of hydrogen-bond donors (Lipinski definition) is 1. The van der Waals surface area contributed by atoms with Gasteiger partial charge in [-0.1, -0.05) is 11.6 Å². The van der Waals surface area contributed by atoms with E-state index in [0.717, 1.165) is 19.4 Å². The van der Waals surface area contributed by atoms with Crippen LogP contribution in [0, 0.1) is 5.92 Å². The van der Waals surface area contributed by atoms with Crippen molar-refractivity contribution >= 4 is 21.6 Å². The molecule has 0 atom stereocenters. The lowest BCUT2D eigenvalue weighted by Crippen LogP contribution is -2.40. The van der Waals surface area contributed by atoms with Gasteiger partial charge in [0.2, 0.25) is 10.0 Å². The number of rotatable bonds is 5. The van der Waals surface area contributed by atoms with Gasteiger partial charge in [0.25, 0.3) is 0 Å². The van der Waals surface area contributed by atoms with Gasteiger partial charge in [-0.2, -0.15) is 4.31 Å². The maximum atomic E-state index is 12.7. The maximum absolute atomic E-state index is 12.7. The van der Waals surface area contributed by atoms with Crippen LogP contribution < -0.4 is 10.1 Å². The van der Waals surface area contributed by atoms with Crippen LogP contribution in [0.2, 0.25) is 5.02 Å². The van der Waals surface area contributed by atoms with Crippen molar-refractivity contribution in [3.63, 3.8) is 0 Å². The van der Waals surface area contributed by atoms with Crippen molar-refractivity contribution in [1.82, 2.24) is 9.62 Å². The monoisotopic (exact) mass is 332 g/mol. The Morgan fingerprint density at radius 2 is 2.05 bits per heavy atom. The number of halogens is 1. The number of nitrogens with one attached hydrogen (secondary N) is 1. The molecule has 0 aliphatic carbocycles. The summed E-state index contributed by atoms with van der Waals surface area (Å²) in [4.78, 5) is 0.182. The molecule has 0 amide bonds. The molecule has 1 saturated heterocycles. The topological polar surface area (TPSA) is 58.6 Å². The highest BCUT2D eigenvalue weighted by molar-refractivity contribution is 7.89. The number of nitrogens with zero attached hydrogens (tertiary/aromatic N) is 1. The molecule has 0 unspecified atom stereocenters. The number of piperidine rings is 1. The molecule has 1 aliphatic heterocycles. The van der Waals surface area contributed by atoms with Gasteiger partial charge in [-0.15, -0.1) is 0 Å². The Bertz CT molecular complexity index is 584. The van der Waals surface area contributed by atoms with Gasteiger partial charge >= 0.3 is 0 Å². The van der Waals surface area contributed by atoms with E-state index < -0.39 is 10.0 Å². The first-order valence-electron chi connectivity index (χ1n) is 6.97. The van der Waals surface area contributed by atoms with Gasteiger partial charge in [0.1, 0.15) is 10.6 Å². The third-order valence-electron chi connectivity index (χ3n) is 3.81. The first-order valence-corrected chi connectivity index (χ1v) is 8.79. The van der Waals surface area contributed by atoms with Gasteiger partial charge in [-0.05, 0) is 44.5 Å². The predicted molar refractivity (Wildman–Crippen MR) is 83.4 cm³/mol. The third-order valence-corrected chi connectivity index (χ3v) is 5.98. The normalized spacial score (nSPS) is 17.9. The van der Waals surface area contributed by atoms with E-state index in [-0.39, 0.29) is 4.90 Å². The van der Waals surface area contributed by atoms with Crippen LogP contribution in [0.4, 0.5) is 0 Å². The number of ether oxygens (including phenoxy) is 1. The van der Waals surface area contributed by atoms with Crippen molar-refractivity contribution < 1.29 is 13.2 Å². The SMILES string of the molecule is CNCC1CCN(S(=O)(=O)c2ccc(Cl)cc2OC)CC1. The van der Waals surface area contributed by atoms with Gasteiger partial charge in [0.15, 0.2) is 0 Å². The summed E-state index contributed by atoms with van der Waals surface area (Å²) in [6, 6.07) is 4.61. The highest BCUT2D eigenvalue weighted by atomic mass is 35.5. The van der Waals surface area contributed by atoms with Crippen LogP contribution in [-0.4, -0.2) is 46.5 Å². The van der Waals surface area contributed by atoms with Crippen molar-refractivity contribution in [2.45, 2.75) is 17.7 Å². The molecule has 1 N–H and O–H groups in total. The Labute approximate surface area is 131 Å². The minimum atomic E-state index is -3.53. The molecule has 21 heavy (non-hydrogen) atoms. The molecule has 1 aromatic rings. The molecule has 1 fully saturated rings. The van der Waals surface area contributed by atoms with Crippen LogP contribution in [0.25, 0.3) is 0 Å². The standard InChI is InChI=1S/C14H21ClN2O3S/c1-16-10-11-5-7-17(8-6-11)21(18,19)14-4-3-12(15)9-13(14)20-2/h3-4,9,11,16H,5-8,10H2,1-2H3. The molecule has 0 saturated carbocycles. The third kappa shape index (κ3) is 3.69. The Morgan fingerprint density at radius 3 is 2.62 bits per heavy atom. The minimum Gasteiger partial charge on any atom is -0.495 e. The molecular formula is C14H21ClN2O3S. The number of sulfonamides is 1. The fraction of sp³-hybridized carbons (Fsp3) is 0.571. The van der Waals surface area contributed by atoms with Crippen LogP contribution in [0.3, 0.4) is 0 Å². The molecule has 0 bridgehead atoms. The first-order chi connectivity index (χ1) is 9.98. The molecule has 0 aromatic heterocycles. The Morgan fingerprint density at radius 1 is 1.38 bits per heavy atom. The molecule has 118 valence electrons. The second-order valence-electron chi connectivity index (χ2n) is 5.20. The van der Waals surface area contributed by atoms with Crippen molar-refractivity contribution in [1.29, 1.82) is 0 Å². The van der Waals surface area contributed by atoms with Crippen molar-refractivity contribution in [2.75, 3.05) is 33.8 Å². The van der Waals surface area contributed by atoms with E-state index in [0.29, 0.717) is 29.8 Å². The smallest absolute Gasteiger partial charge is 0.246 e. The van der Waals surface area contributed by atoms with E-state index in [2.05, 4.69) is 5.32 Å². The van der Waals surface area contributed by atoms with Gasteiger partial charge < -0.3 is 10.1 Å². The zero-order chi connectivity index (χ0) is 15.5. The van der Waals surface area contributed by atoms with Crippen molar-refractivity contribution in [3.05, 3.63) is 23.2 Å². The lowest BCUT2D eigenvalue weighted by molar-refractivity contribution is 0.270. The van der Waals surface area contributed by atoms with Crippen LogP contribution in [0.5, 0.6) is 5.75 Å². The van der Waals surface area contributed by atoms with Gasteiger partial charge in [-0.25, -0.2) is 8.42 Å². The molecule has 1 heterocycles. The highest BCUT2D eigenvalue weighted by Crippen LogP contribution is 2.31. The highest BCUT2D eigenvalue weighted by Gasteiger charge is 2.31.